The Morgan fingerprint density at radius 1 is 1.25 bits per heavy atom. The molecule has 0 spiro atoms. The highest BCUT2D eigenvalue weighted by molar-refractivity contribution is 5.20. The van der Waals surface area contributed by atoms with Crippen molar-refractivity contribution in [2.24, 2.45) is 11.7 Å². The third kappa shape index (κ3) is 6.36. The Balaban J connectivity index is 1.99. The maximum absolute atomic E-state index is 12.8. The van der Waals surface area contributed by atoms with Gasteiger partial charge in [0.25, 0.3) is 0 Å². The van der Waals surface area contributed by atoms with Crippen LogP contribution in [-0.4, -0.2) is 38.2 Å². The molecule has 0 saturated carbocycles. The third-order valence-corrected chi connectivity index (χ3v) is 4.85. The quantitative estimate of drug-likeness (QED) is 0.586. The van der Waals surface area contributed by atoms with E-state index in [9.17, 15) is 13.2 Å². The van der Waals surface area contributed by atoms with Crippen LogP contribution in [0.1, 0.15) is 25.3 Å². The molecule has 3 unspecified atom stereocenters. The number of nitrogens with two attached hydrogens (primary N) is 1. The van der Waals surface area contributed by atoms with Gasteiger partial charge in [-0.3, -0.25) is 5.32 Å². The Hall–Kier alpha value is -1.83. The summed E-state index contributed by atoms with van der Waals surface area (Å²) in [5, 5.41) is 3.33. The molecule has 0 fully saturated rings. The van der Waals surface area contributed by atoms with Crippen molar-refractivity contribution in [1.29, 1.82) is 0 Å². The molecule has 0 bridgehead atoms. The van der Waals surface area contributed by atoms with Crippen molar-refractivity contribution in [3.8, 4) is 0 Å². The number of hydrogen-bond acceptors (Lipinski definition) is 4. The van der Waals surface area contributed by atoms with Crippen molar-refractivity contribution < 1.29 is 22.6 Å². The predicted octanol–water partition coefficient (Wildman–Crippen LogP) is 3.94. The highest BCUT2D eigenvalue weighted by Gasteiger charge is 2.40. The van der Waals surface area contributed by atoms with Crippen LogP contribution in [0.3, 0.4) is 0 Å². The lowest BCUT2D eigenvalue weighted by Gasteiger charge is -2.38. The molecule has 0 aromatic heterocycles. The van der Waals surface area contributed by atoms with E-state index in [0.717, 1.165) is 12.5 Å². The van der Waals surface area contributed by atoms with Crippen LogP contribution in [-0.2, 0) is 15.9 Å². The number of nitrogens with one attached hydrogen (secondary N) is 1. The van der Waals surface area contributed by atoms with Crippen LogP contribution in [0.15, 0.2) is 54.3 Å². The molecule has 3 N–H and O–H groups in total. The van der Waals surface area contributed by atoms with E-state index >= 15 is 0 Å². The molecule has 28 heavy (non-hydrogen) atoms. The van der Waals surface area contributed by atoms with Gasteiger partial charge in [0, 0.05) is 20.1 Å². The van der Waals surface area contributed by atoms with Crippen molar-refractivity contribution in [3.05, 3.63) is 59.9 Å². The Morgan fingerprint density at radius 3 is 2.50 bits per heavy atom. The van der Waals surface area contributed by atoms with Gasteiger partial charge in [-0.1, -0.05) is 36.4 Å². The van der Waals surface area contributed by atoms with Crippen molar-refractivity contribution in [2.75, 3.05) is 20.2 Å². The standard InChI is InChI=1S/C21H29F3N2O2/c1-20(13-14-25,28-18-10-8-17(9-11-18)21(22,23)24)19(27-2)26-15-12-16-6-4-3-5-7-16/h3-8,10-11,17,19,26H,9,12-15,25H2,1-2H3. The summed E-state index contributed by atoms with van der Waals surface area (Å²) < 4.78 is 50.1. The largest absolute Gasteiger partial charge is 0.484 e. The first-order valence-electron chi connectivity index (χ1n) is 9.43. The monoisotopic (exact) mass is 398 g/mol. The zero-order valence-electron chi connectivity index (χ0n) is 16.3. The summed E-state index contributed by atoms with van der Waals surface area (Å²) in [6.45, 7) is 2.88. The fourth-order valence-electron chi connectivity index (χ4n) is 3.25. The van der Waals surface area contributed by atoms with Crippen LogP contribution < -0.4 is 11.1 Å². The van der Waals surface area contributed by atoms with Gasteiger partial charge in [0.1, 0.15) is 17.6 Å². The van der Waals surface area contributed by atoms with Crippen LogP contribution in [0.5, 0.6) is 0 Å². The Bertz CT molecular complexity index is 661. The summed E-state index contributed by atoms with van der Waals surface area (Å²) in [7, 11) is 1.57. The molecule has 156 valence electrons. The fourth-order valence-corrected chi connectivity index (χ4v) is 3.25. The van der Waals surface area contributed by atoms with E-state index in [-0.39, 0.29) is 6.42 Å². The second-order valence-electron chi connectivity index (χ2n) is 7.11. The first-order chi connectivity index (χ1) is 13.3. The van der Waals surface area contributed by atoms with Gasteiger partial charge in [-0.25, -0.2) is 0 Å². The van der Waals surface area contributed by atoms with Gasteiger partial charge in [0.2, 0.25) is 0 Å². The van der Waals surface area contributed by atoms with Gasteiger partial charge in [-0.2, -0.15) is 13.2 Å². The van der Waals surface area contributed by atoms with E-state index in [1.165, 1.54) is 17.7 Å². The van der Waals surface area contributed by atoms with Gasteiger partial charge in [-0.15, -0.1) is 0 Å². The zero-order valence-corrected chi connectivity index (χ0v) is 16.3. The maximum Gasteiger partial charge on any atom is 0.395 e. The summed E-state index contributed by atoms with van der Waals surface area (Å²) in [6.07, 6.45) is 0.460. The SMILES string of the molecule is COC(NCCc1ccccc1)C(C)(CCN)OC1=CCC(C(F)(F)F)C=C1. The Labute approximate surface area is 164 Å². The molecule has 1 aromatic rings. The minimum absolute atomic E-state index is 0.132. The zero-order chi connectivity index (χ0) is 20.6. The van der Waals surface area contributed by atoms with Crippen molar-refractivity contribution in [1.82, 2.24) is 5.32 Å². The van der Waals surface area contributed by atoms with Gasteiger partial charge < -0.3 is 15.2 Å². The van der Waals surface area contributed by atoms with Crippen LogP contribution in [0.4, 0.5) is 13.2 Å². The lowest BCUT2D eigenvalue weighted by molar-refractivity contribution is -0.161. The molecule has 2 rings (SSSR count). The Morgan fingerprint density at radius 2 is 1.96 bits per heavy atom. The molecule has 1 aromatic carbocycles. The summed E-state index contributed by atoms with van der Waals surface area (Å²) in [5.74, 6) is -1.06. The number of methoxy groups -OCH3 is 1. The minimum Gasteiger partial charge on any atom is -0.484 e. The molecule has 0 radical (unpaired) electrons. The number of allylic oxidation sites excluding steroid dienone is 3. The summed E-state index contributed by atoms with van der Waals surface area (Å²) in [5.41, 5.74) is 6.14. The number of halogens is 3. The highest BCUT2D eigenvalue weighted by atomic mass is 19.4. The van der Waals surface area contributed by atoms with Gasteiger partial charge in [0.15, 0.2) is 0 Å². The number of ether oxygens (including phenoxy) is 2. The van der Waals surface area contributed by atoms with E-state index in [2.05, 4.69) is 5.32 Å². The van der Waals surface area contributed by atoms with Gasteiger partial charge in [-0.05, 0) is 44.0 Å². The van der Waals surface area contributed by atoms with E-state index in [1.54, 1.807) is 7.11 Å². The van der Waals surface area contributed by atoms with E-state index in [1.807, 2.05) is 37.3 Å². The molecular formula is C21H29F3N2O2. The smallest absolute Gasteiger partial charge is 0.395 e. The molecule has 0 heterocycles. The van der Waals surface area contributed by atoms with Gasteiger partial charge >= 0.3 is 6.18 Å². The molecule has 1 aliphatic carbocycles. The first kappa shape index (κ1) is 22.5. The summed E-state index contributed by atoms with van der Waals surface area (Å²) in [4.78, 5) is 0. The van der Waals surface area contributed by atoms with E-state index < -0.39 is 23.9 Å². The van der Waals surface area contributed by atoms with Crippen LogP contribution in [0.25, 0.3) is 0 Å². The van der Waals surface area contributed by atoms with E-state index in [0.29, 0.717) is 25.3 Å². The number of hydrogen-bond donors (Lipinski definition) is 2. The predicted molar refractivity (Wildman–Crippen MR) is 103 cm³/mol. The van der Waals surface area contributed by atoms with Crippen LogP contribution in [0.2, 0.25) is 0 Å². The summed E-state index contributed by atoms with van der Waals surface area (Å²) >= 11 is 0. The highest BCUT2D eigenvalue weighted by Crippen LogP contribution is 2.35. The maximum atomic E-state index is 12.8. The number of rotatable bonds is 10. The molecule has 4 nitrogen and oxygen atoms in total. The second-order valence-corrected chi connectivity index (χ2v) is 7.11. The fraction of sp³-hybridized carbons (Fsp3) is 0.524. The normalized spacial score (nSPS) is 20.4. The summed E-state index contributed by atoms with van der Waals surface area (Å²) in [6, 6.07) is 10.0. The van der Waals surface area contributed by atoms with Crippen molar-refractivity contribution >= 4 is 0 Å². The molecule has 1 aliphatic rings. The molecular weight excluding hydrogens is 369 g/mol. The number of alkyl halides is 3. The lowest BCUT2D eigenvalue weighted by atomic mass is 9.97. The first-order valence-corrected chi connectivity index (χ1v) is 9.43. The average Bonchev–Trinajstić information content (AvgIpc) is 2.66. The van der Waals surface area contributed by atoms with Crippen molar-refractivity contribution in [2.45, 2.75) is 44.2 Å². The topological polar surface area (TPSA) is 56.5 Å². The van der Waals surface area contributed by atoms with Crippen LogP contribution in [0, 0.1) is 5.92 Å². The third-order valence-electron chi connectivity index (χ3n) is 4.85. The average molecular weight is 398 g/mol. The second kappa shape index (κ2) is 10.1. The van der Waals surface area contributed by atoms with Crippen LogP contribution >= 0.6 is 0 Å². The van der Waals surface area contributed by atoms with Gasteiger partial charge in [0.05, 0.1) is 5.92 Å². The van der Waals surface area contributed by atoms with Crippen molar-refractivity contribution in [3.63, 3.8) is 0 Å². The molecule has 0 aliphatic heterocycles. The number of benzene rings is 1. The molecule has 3 atom stereocenters. The molecule has 0 saturated heterocycles. The Kier molecular flexibility index (Phi) is 8.10. The molecule has 7 heteroatoms. The minimum atomic E-state index is -4.24. The lowest BCUT2D eigenvalue weighted by Crippen LogP contribution is -2.53. The van der Waals surface area contributed by atoms with E-state index in [4.69, 9.17) is 15.2 Å². The molecule has 0 amide bonds.